The van der Waals surface area contributed by atoms with Crippen molar-refractivity contribution in [1.29, 1.82) is 0 Å². The van der Waals surface area contributed by atoms with E-state index in [1.165, 1.54) is 0 Å². The van der Waals surface area contributed by atoms with Crippen LogP contribution in [0.25, 0.3) is 0 Å². The van der Waals surface area contributed by atoms with Crippen LogP contribution in [-0.2, 0) is 0 Å². The van der Waals surface area contributed by atoms with Gasteiger partial charge in [0.25, 0.3) is 0 Å². The fourth-order valence-corrected chi connectivity index (χ4v) is 2.03. The molecular weight excluding hydrogens is 217 g/mol. The fraction of sp³-hybridized carbons (Fsp3) is 1.00. The number of hydrogen-bond acceptors (Lipinski definition) is 2. The molecule has 96 valence electrons. The van der Waals surface area contributed by atoms with Crippen LogP contribution in [0.5, 0.6) is 0 Å². The second-order valence-corrected chi connectivity index (χ2v) is 5.17. The second kappa shape index (κ2) is 4.92. The van der Waals surface area contributed by atoms with Gasteiger partial charge in [-0.1, -0.05) is 6.92 Å². The Morgan fingerprint density at radius 2 is 1.75 bits per heavy atom. The van der Waals surface area contributed by atoms with Crippen LogP contribution in [0.3, 0.4) is 0 Å². The van der Waals surface area contributed by atoms with Crippen LogP contribution in [0.4, 0.5) is 13.2 Å². The highest BCUT2D eigenvalue weighted by molar-refractivity contribution is 4.91. The van der Waals surface area contributed by atoms with Gasteiger partial charge in [0.05, 0.1) is 6.54 Å². The molecule has 0 saturated heterocycles. The summed E-state index contributed by atoms with van der Waals surface area (Å²) < 4.78 is 37.2. The van der Waals surface area contributed by atoms with Crippen molar-refractivity contribution in [1.82, 2.24) is 10.2 Å². The van der Waals surface area contributed by atoms with E-state index in [0.717, 1.165) is 19.4 Å². The normalized spacial score (nSPS) is 18.2. The Labute approximate surface area is 95.2 Å². The summed E-state index contributed by atoms with van der Waals surface area (Å²) in [4.78, 5) is 1.56. The van der Waals surface area contributed by atoms with Crippen LogP contribution < -0.4 is 5.32 Å². The third-order valence-electron chi connectivity index (χ3n) is 2.70. The highest BCUT2D eigenvalue weighted by Crippen LogP contribution is 2.31. The van der Waals surface area contributed by atoms with Crippen LogP contribution in [0.2, 0.25) is 0 Å². The average Bonchev–Trinajstić information content (AvgIpc) is 2.80. The molecule has 1 fully saturated rings. The molecule has 0 bridgehead atoms. The first-order valence-electron chi connectivity index (χ1n) is 5.79. The van der Waals surface area contributed by atoms with Crippen LogP contribution in [-0.4, -0.2) is 42.3 Å². The lowest BCUT2D eigenvalue weighted by Crippen LogP contribution is -2.51. The van der Waals surface area contributed by atoms with Crippen molar-refractivity contribution in [3.05, 3.63) is 0 Å². The molecule has 0 radical (unpaired) electrons. The van der Waals surface area contributed by atoms with E-state index in [0.29, 0.717) is 6.54 Å². The molecule has 0 atom stereocenters. The van der Waals surface area contributed by atoms with Gasteiger partial charge in [-0.3, -0.25) is 4.90 Å². The van der Waals surface area contributed by atoms with E-state index in [1.54, 1.807) is 4.90 Å². The van der Waals surface area contributed by atoms with Crippen molar-refractivity contribution in [2.24, 2.45) is 0 Å². The van der Waals surface area contributed by atoms with E-state index in [1.807, 2.05) is 20.8 Å². The predicted molar refractivity (Wildman–Crippen MR) is 58.4 cm³/mol. The number of halogens is 3. The highest BCUT2D eigenvalue weighted by Gasteiger charge is 2.39. The molecule has 0 heterocycles. The molecule has 1 aliphatic carbocycles. The molecule has 1 rings (SSSR count). The number of likely N-dealkylation sites (N-methyl/N-ethyl adjacent to an activating group) is 1. The fourth-order valence-electron chi connectivity index (χ4n) is 2.03. The third-order valence-corrected chi connectivity index (χ3v) is 2.70. The third kappa shape index (κ3) is 5.16. The van der Waals surface area contributed by atoms with Crippen molar-refractivity contribution in [2.45, 2.75) is 51.4 Å². The van der Waals surface area contributed by atoms with E-state index < -0.39 is 12.7 Å². The standard InChI is InChI=1S/C11H21F3N2/c1-4-15-10(2,3)7-16(9-5-6-9)8-11(12,13)14/h9,15H,4-8H2,1-3H3. The molecule has 0 unspecified atom stereocenters. The zero-order valence-electron chi connectivity index (χ0n) is 10.2. The first kappa shape index (κ1) is 13.8. The molecule has 5 heteroatoms. The van der Waals surface area contributed by atoms with E-state index >= 15 is 0 Å². The highest BCUT2D eigenvalue weighted by atomic mass is 19.4. The molecule has 16 heavy (non-hydrogen) atoms. The van der Waals surface area contributed by atoms with E-state index in [4.69, 9.17) is 0 Å². The number of hydrogen-bond donors (Lipinski definition) is 1. The van der Waals surface area contributed by atoms with Crippen molar-refractivity contribution < 1.29 is 13.2 Å². The summed E-state index contributed by atoms with van der Waals surface area (Å²) in [5.41, 5.74) is -0.261. The van der Waals surface area contributed by atoms with Crippen molar-refractivity contribution in [3.63, 3.8) is 0 Å². The minimum Gasteiger partial charge on any atom is -0.311 e. The topological polar surface area (TPSA) is 15.3 Å². The summed E-state index contributed by atoms with van der Waals surface area (Å²) in [6.45, 7) is 6.30. The Kier molecular flexibility index (Phi) is 4.23. The van der Waals surface area contributed by atoms with Gasteiger partial charge in [-0.15, -0.1) is 0 Å². The maximum atomic E-state index is 12.4. The Hall–Kier alpha value is -0.290. The molecule has 0 aliphatic heterocycles. The van der Waals surface area contributed by atoms with E-state index in [2.05, 4.69) is 5.32 Å². The summed E-state index contributed by atoms with van der Waals surface area (Å²) in [5, 5.41) is 3.21. The summed E-state index contributed by atoms with van der Waals surface area (Å²) in [6, 6.07) is 0.138. The molecule has 2 nitrogen and oxygen atoms in total. The minimum absolute atomic E-state index is 0.138. The van der Waals surface area contributed by atoms with E-state index in [9.17, 15) is 13.2 Å². The second-order valence-electron chi connectivity index (χ2n) is 5.17. The number of rotatable bonds is 6. The number of alkyl halides is 3. The molecule has 1 aliphatic rings. The lowest BCUT2D eigenvalue weighted by atomic mass is 10.0. The summed E-state index contributed by atoms with van der Waals surface area (Å²) in [6.07, 6.45) is -2.29. The van der Waals surface area contributed by atoms with Gasteiger partial charge in [0.1, 0.15) is 0 Å². The van der Waals surface area contributed by atoms with Gasteiger partial charge in [0.2, 0.25) is 0 Å². The largest absolute Gasteiger partial charge is 0.401 e. The van der Waals surface area contributed by atoms with Gasteiger partial charge in [-0.05, 0) is 33.2 Å². The molecule has 0 aromatic rings. The Bertz CT molecular complexity index is 222. The SMILES string of the molecule is CCNC(C)(C)CN(CC(F)(F)F)C1CC1. The zero-order valence-corrected chi connectivity index (χ0v) is 10.2. The molecule has 1 N–H and O–H groups in total. The summed E-state index contributed by atoms with van der Waals surface area (Å²) >= 11 is 0. The molecule has 0 aromatic heterocycles. The first-order chi connectivity index (χ1) is 7.23. The molecule has 0 aromatic carbocycles. The first-order valence-corrected chi connectivity index (χ1v) is 5.79. The summed E-state index contributed by atoms with van der Waals surface area (Å²) in [7, 11) is 0. The van der Waals surface area contributed by atoms with Gasteiger partial charge < -0.3 is 5.32 Å². The molecule has 1 saturated carbocycles. The van der Waals surface area contributed by atoms with Crippen LogP contribution in [0.15, 0.2) is 0 Å². The van der Waals surface area contributed by atoms with Crippen molar-refractivity contribution in [2.75, 3.05) is 19.6 Å². The van der Waals surface area contributed by atoms with Crippen molar-refractivity contribution >= 4 is 0 Å². The quantitative estimate of drug-likeness (QED) is 0.764. The number of nitrogens with zero attached hydrogens (tertiary/aromatic N) is 1. The Balaban J connectivity index is 2.51. The molecule has 0 amide bonds. The van der Waals surface area contributed by atoms with Gasteiger partial charge >= 0.3 is 6.18 Å². The van der Waals surface area contributed by atoms with Gasteiger partial charge in [0, 0.05) is 18.1 Å². The van der Waals surface area contributed by atoms with Crippen LogP contribution >= 0.6 is 0 Å². The number of nitrogens with one attached hydrogen (secondary N) is 1. The minimum atomic E-state index is -4.09. The monoisotopic (exact) mass is 238 g/mol. The van der Waals surface area contributed by atoms with Gasteiger partial charge in [-0.2, -0.15) is 13.2 Å². The summed E-state index contributed by atoms with van der Waals surface area (Å²) in [5.74, 6) is 0. The maximum absolute atomic E-state index is 12.4. The lowest BCUT2D eigenvalue weighted by Gasteiger charge is -2.34. The van der Waals surface area contributed by atoms with Gasteiger partial charge in [-0.25, -0.2) is 0 Å². The van der Waals surface area contributed by atoms with Crippen LogP contribution in [0, 0.1) is 0 Å². The smallest absolute Gasteiger partial charge is 0.311 e. The van der Waals surface area contributed by atoms with Crippen LogP contribution in [0.1, 0.15) is 33.6 Å². The molecular formula is C11H21F3N2. The predicted octanol–water partition coefficient (Wildman–Crippen LogP) is 2.40. The molecule has 0 spiro atoms. The Morgan fingerprint density at radius 1 is 1.19 bits per heavy atom. The van der Waals surface area contributed by atoms with E-state index in [-0.39, 0.29) is 11.6 Å². The average molecular weight is 238 g/mol. The zero-order chi connectivity index (χ0) is 12.4. The Morgan fingerprint density at radius 3 is 2.12 bits per heavy atom. The maximum Gasteiger partial charge on any atom is 0.401 e. The lowest BCUT2D eigenvalue weighted by molar-refractivity contribution is -0.148. The van der Waals surface area contributed by atoms with Gasteiger partial charge in [0.15, 0.2) is 0 Å². The van der Waals surface area contributed by atoms with Crippen molar-refractivity contribution in [3.8, 4) is 0 Å².